The standard InChI is InChI=1S/C14H22N2O6S2/c1-11(10-22-2)16-24(20,21)13-6-4-5-12(9-13)14(17)15-7-8-23(3,18)19/h4-6,9,11,16H,7-8,10H2,1-3H3,(H,15,17)/t11-/m0/s1. The van der Waals surface area contributed by atoms with Crippen molar-refractivity contribution in [2.75, 3.05) is 32.3 Å². The lowest BCUT2D eigenvalue weighted by Crippen LogP contribution is -2.35. The van der Waals surface area contributed by atoms with Crippen LogP contribution in [0.25, 0.3) is 0 Å². The average molecular weight is 378 g/mol. The Labute approximate surface area is 142 Å². The number of benzene rings is 1. The third-order valence-electron chi connectivity index (χ3n) is 2.94. The van der Waals surface area contributed by atoms with E-state index >= 15 is 0 Å². The Bertz CT molecular complexity index is 774. The van der Waals surface area contributed by atoms with Crippen molar-refractivity contribution in [2.24, 2.45) is 0 Å². The maximum absolute atomic E-state index is 12.3. The second-order valence-electron chi connectivity index (χ2n) is 5.39. The molecule has 2 N–H and O–H groups in total. The number of hydrogen-bond donors (Lipinski definition) is 2. The Morgan fingerprint density at radius 3 is 2.50 bits per heavy atom. The third kappa shape index (κ3) is 6.95. The molecule has 1 aromatic rings. The lowest BCUT2D eigenvalue weighted by molar-refractivity contribution is 0.0956. The molecule has 0 fully saturated rings. The van der Waals surface area contributed by atoms with Crippen molar-refractivity contribution in [3.8, 4) is 0 Å². The van der Waals surface area contributed by atoms with E-state index < -0.39 is 31.8 Å². The van der Waals surface area contributed by atoms with Crippen LogP contribution in [0.4, 0.5) is 0 Å². The second kappa shape index (κ2) is 8.56. The molecule has 0 saturated heterocycles. The molecule has 0 aliphatic rings. The van der Waals surface area contributed by atoms with Gasteiger partial charge in [0, 0.05) is 31.5 Å². The maximum Gasteiger partial charge on any atom is 0.251 e. The fourth-order valence-corrected chi connectivity index (χ4v) is 3.62. The summed E-state index contributed by atoms with van der Waals surface area (Å²) in [7, 11) is -5.51. The first kappa shape index (κ1) is 20.6. The van der Waals surface area contributed by atoms with Crippen LogP contribution in [-0.4, -0.2) is 61.1 Å². The van der Waals surface area contributed by atoms with Gasteiger partial charge in [0.2, 0.25) is 10.0 Å². The second-order valence-corrected chi connectivity index (χ2v) is 9.37. The highest BCUT2D eigenvalue weighted by atomic mass is 32.2. The molecule has 24 heavy (non-hydrogen) atoms. The molecule has 0 spiro atoms. The SMILES string of the molecule is COC[C@H](C)NS(=O)(=O)c1cccc(C(=O)NCCS(C)(=O)=O)c1. The fraction of sp³-hybridized carbons (Fsp3) is 0.500. The Morgan fingerprint density at radius 1 is 1.25 bits per heavy atom. The first-order valence-corrected chi connectivity index (χ1v) is 10.7. The quantitative estimate of drug-likeness (QED) is 0.613. The van der Waals surface area contributed by atoms with E-state index in [1.54, 1.807) is 6.92 Å². The molecule has 0 saturated carbocycles. The highest BCUT2D eigenvalue weighted by molar-refractivity contribution is 7.90. The molecule has 1 atom stereocenters. The number of carbonyl (C=O) groups is 1. The summed E-state index contributed by atoms with van der Waals surface area (Å²) in [5.41, 5.74) is 0.130. The summed E-state index contributed by atoms with van der Waals surface area (Å²) >= 11 is 0. The third-order valence-corrected chi connectivity index (χ3v) is 5.47. The van der Waals surface area contributed by atoms with Crippen molar-refractivity contribution in [1.29, 1.82) is 0 Å². The lowest BCUT2D eigenvalue weighted by atomic mass is 10.2. The minimum absolute atomic E-state index is 0.0439. The summed E-state index contributed by atoms with van der Waals surface area (Å²) in [6, 6.07) is 5.08. The van der Waals surface area contributed by atoms with E-state index in [0.717, 1.165) is 6.26 Å². The monoisotopic (exact) mass is 378 g/mol. The van der Waals surface area contributed by atoms with Gasteiger partial charge in [-0.1, -0.05) is 6.07 Å². The molecule has 1 aromatic carbocycles. The van der Waals surface area contributed by atoms with E-state index in [1.165, 1.54) is 31.4 Å². The van der Waals surface area contributed by atoms with Crippen LogP contribution >= 0.6 is 0 Å². The molecule has 0 bridgehead atoms. The van der Waals surface area contributed by atoms with Crippen LogP contribution in [0.1, 0.15) is 17.3 Å². The topological polar surface area (TPSA) is 119 Å². The normalized spacial score (nSPS) is 13.5. The van der Waals surface area contributed by atoms with Crippen LogP contribution in [0.15, 0.2) is 29.2 Å². The van der Waals surface area contributed by atoms with Gasteiger partial charge in [-0.05, 0) is 25.1 Å². The number of carbonyl (C=O) groups excluding carboxylic acids is 1. The number of amides is 1. The number of sulfone groups is 1. The van der Waals surface area contributed by atoms with Gasteiger partial charge >= 0.3 is 0 Å². The van der Waals surface area contributed by atoms with E-state index in [2.05, 4.69) is 10.0 Å². The largest absolute Gasteiger partial charge is 0.383 e. The zero-order chi connectivity index (χ0) is 18.4. The molecular weight excluding hydrogens is 356 g/mol. The lowest BCUT2D eigenvalue weighted by Gasteiger charge is -2.13. The van der Waals surface area contributed by atoms with E-state index in [4.69, 9.17) is 4.74 Å². The fourth-order valence-electron chi connectivity index (χ4n) is 1.87. The summed E-state index contributed by atoms with van der Waals surface area (Å²) in [6.45, 7) is 1.82. The molecule has 1 amide bonds. The first-order valence-electron chi connectivity index (χ1n) is 7.12. The van der Waals surface area contributed by atoms with E-state index in [-0.39, 0.29) is 29.4 Å². The Kier molecular flexibility index (Phi) is 7.33. The number of hydrogen-bond acceptors (Lipinski definition) is 6. The predicted octanol–water partition coefficient (Wildman–Crippen LogP) is -0.226. The van der Waals surface area contributed by atoms with Crippen LogP contribution in [0, 0.1) is 0 Å². The van der Waals surface area contributed by atoms with Crippen molar-refractivity contribution in [3.63, 3.8) is 0 Å². The summed E-state index contributed by atoms with van der Waals surface area (Å²) < 4.78 is 53.9. The van der Waals surface area contributed by atoms with Gasteiger partial charge in [-0.3, -0.25) is 4.79 Å². The number of ether oxygens (including phenoxy) is 1. The smallest absolute Gasteiger partial charge is 0.251 e. The van der Waals surface area contributed by atoms with Crippen molar-refractivity contribution in [3.05, 3.63) is 29.8 Å². The number of sulfonamides is 1. The number of methoxy groups -OCH3 is 1. The van der Waals surface area contributed by atoms with E-state index in [1.807, 2.05) is 0 Å². The molecule has 136 valence electrons. The maximum atomic E-state index is 12.3. The van der Waals surface area contributed by atoms with Crippen molar-refractivity contribution >= 4 is 25.8 Å². The molecule has 1 rings (SSSR count). The van der Waals surface area contributed by atoms with Crippen molar-refractivity contribution in [2.45, 2.75) is 17.9 Å². The van der Waals surface area contributed by atoms with Crippen LogP contribution in [0.3, 0.4) is 0 Å². The van der Waals surface area contributed by atoms with E-state index in [9.17, 15) is 21.6 Å². The Balaban J connectivity index is 2.84. The molecular formula is C14H22N2O6S2. The summed E-state index contributed by atoms with van der Waals surface area (Å²) in [4.78, 5) is 11.9. The number of rotatable bonds is 9. The molecule has 0 heterocycles. The average Bonchev–Trinajstić information content (AvgIpc) is 2.45. The Hall–Kier alpha value is -1.49. The zero-order valence-corrected chi connectivity index (χ0v) is 15.4. The minimum Gasteiger partial charge on any atom is -0.383 e. The molecule has 0 aliphatic heterocycles. The number of nitrogens with one attached hydrogen (secondary N) is 2. The molecule has 0 unspecified atom stereocenters. The van der Waals surface area contributed by atoms with Crippen molar-refractivity contribution < 1.29 is 26.4 Å². The minimum atomic E-state index is -3.79. The van der Waals surface area contributed by atoms with Crippen LogP contribution < -0.4 is 10.0 Å². The van der Waals surface area contributed by atoms with Crippen molar-refractivity contribution in [1.82, 2.24) is 10.0 Å². The summed E-state index contributed by atoms with van der Waals surface area (Å²) in [5.74, 6) is -0.729. The van der Waals surface area contributed by atoms with Crippen LogP contribution in [0.5, 0.6) is 0 Å². The zero-order valence-electron chi connectivity index (χ0n) is 13.8. The van der Waals surface area contributed by atoms with Gasteiger partial charge in [-0.25, -0.2) is 21.6 Å². The molecule has 0 radical (unpaired) electrons. The van der Waals surface area contributed by atoms with Gasteiger partial charge < -0.3 is 10.1 Å². The molecule has 10 heteroatoms. The first-order chi connectivity index (χ1) is 11.0. The van der Waals surface area contributed by atoms with E-state index in [0.29, 0.717) is 0 Å². The Morgan fingerprint density at radius 2 is 1.92 bits per heavy atom. The molecule has 0 aliphatic carbocycles. The van der Waals surface area contributed by atoms with Gasteiger partial charge in [0.15, 0.2) is 0 Å². The molecule has 0 aromatic heterocycles. The summed E-state index contributed by atoms with van der Waals surface area (Å²) in [5, 5.41) is 2.44. The molecule has 8 nitrogen and oxygen atoms in total. The predicted molar refractivity (Wildman–Crippen MR) is 90.1 cm³/mol. The highest BCUT2D eigenvalue weighted by Crippen LogP contribution is 2.12. The van der Waals surface area contributed by atoms with Crippen LogP contribution in [0.2, 0.25) is 0 Å². The van der Waals surface area contributed by atoms with Crippen LogP contribution in [-0.2, 0) is 24.6 Å². The van der Waals surface area contributed by atoms with Gasteiger partial charge in [-0.2, -0.15) is 0 Å². The van der Waals surface area contributed by atoms with Gasteiger partial charge in [-0.15, -0.1) is 0 Å². The highest BCUT2D eigenvalue weighted by Gasteiger charge is 2.19. The van der Waals surface area contributed by atoms with Gasteiger partial charge in [0.1, 0.15) is 9.84 Å². The van der Waals surface area contributed by atoms with Gasteiger partial charge in [0.05, 0.1) is 17.3 Å². The van der Waals surface area contributed by atoms with Gasteiger partial charge in [0.25, 0.3) is 5.91 Å². The summed E-state index contributed by atoms with van der Waals surface area (Å²) in [6.07, 6.45) is 1.07.